The van der Waals surface area contributed by atoms with Crippen molar-refractivity contribution in [3.63, 3.8) is 0 Å². The summed E-state index contributed by atoms with van der Waals surface area (Å²) in [6.07, 6.45) is 1.38. The molecule has 8 nitrogen and oxygen atoms in total. The van der Waals surface area contributed by atoms with Gasteiger partial charge in [0.2, 0.25) is 0 Å². The number of nitrogens with zero attached hydrogens (tertiary/aromatic N) is 1. The van der Waals surface area contributed by atoms with Crippen molar-refractivity contribution in [1.82, 2.24) is 15.8 Å². The molecule has 0 aliphatic rings. The zero-order chi connectivity index (χ0) is 18.2. The normalized spacial score (nSPS) is 10.4. The van der Waals surface area contributed by atoms with Gasteiger partial charge in [-0.1, -0.05) is 12.1 Å². The van der Waals surface area contributed by atoms with Gasteiger partial charge in [0.25, 0.3) is 5.91 Å². The van der Waals surface area contributed by atoms with Gasteiger partial charge >= 0.3 is 5.91 Å². The van der Waals surface area contributed by atoms with Crippen LogP contribution in [0.4, 0.5) is 0 Å². The smallest absolute Gasteiger partial charge is 0.305 e. The number of methoxy groups -OCH3 is 2. The zero-order valence-corrected chi connectivity index (χ0v) is 14.4. The maximum atomic E-state index is 11.9. The van der Waals surface area contributed by atoms with Crippen molar-refractivity contribution < 1.29 is 23.5 Å². The second-order valence-electron chi connectivity index (χ2n) is 5.30. The van der Waals surface area contributed by atoms with Gasteiger partial charge in [0.15, 0.2) is 17.3 Å². The molecule has 1 heterocycles. The third-order valence-electron chi connectivity index (χ3n) is 3.40. The first-order valence-corrected chi connectivity index (χ1v) is 7.56. The number of hydrogen-bond acceptors (Lipinski definition) is 6. The van der Waals surface area contributed by atoms with E-state index < -0.39 is 5.91 Å². The van der Waals surface area contributed by atoms with E-state index >= 15 is 0 Å². The van der Waals surface area contributed by atoms with Crippen LogP contribution in [0, 0.1) is 0 Å². The van der Waals surface area contributed by atoms with Gasteiger partial charge < -0.3 is 13.9 Å². The van der Waals surface area contributed by atoms with E-state index in [0.29, 0.717) is 18.0 Å². The Bertz CT molecular complexity index is 715. The molecule has 0 unspecified atom stereocenters. The van der Waals surface area contributed by atoms with Crippen molar-refractivity contribution >= 4 is 11.8 Å². The standard InChI is InChI=1S/C17H21N3O5/c1-20(10-12-6-4-7-13(23-2)16(12)24-3)11-15(21)18-19-17(22)14-8-5-9-25-14/h4-9H,10-11H2,1-3H3,(H,18,21)(H,19,22). The minimum atomic E-state index is -0.518. The molecular formula is C17H21N3O5. The summed E-state index contributed by atoms with van der Waals surface area (Å²) in [6.45, 7) is 0.554. The molecule has 0 spiro atoms. The Hall–Kier alpha value is -3.00. The number of carbonyl (C=O) groups is 2. The number of para-hydroxylation sites is 1. The van der Waals surface area contributed by atoms with Crippen LogP contribution in [0.1, 0.15) is 16.1 Å². The van der Waals surface area contributed by atoms with Crippen molar-refractivity contribution in [2.24, 2.45) is 0 Å². The lowest BCUT2D eigenvalue weighted by atomic mass is 10.1. The fourth-order valence-electron chi connectivity index (χ4n) is 2.31. The third-order valence-corrected chi connectivity index (χ3v) is 3.40. The van der Waals surface area contributed by atoms with Crippen molar-refractivity contribution in [3.8, 4) is 11.5 Å². The van der Waals surface area contributed by atoms with Gasteiger partial charge in [-0.2, -0.15) is 0 Å². The van der Waals surface area contributed by atoms with Crippen LogP contribution < -0.4 is 20.3 Å². The summed E-state index contributed by atoms with van der Waals surface area (Å²) in [5.74, 6) is 0.501. The molecule has 1 aromatic heterocycles. The number of hydrazine groups is 1. The van der Waals surface area contributed by atoms with Crippen LogP contribution in [0.25, 0.3) is 0 Å². The van der Waals surface area contributed by atoms with Gasteiger partial charge in [0.05, 0.1) is 27.0 Å². The average molecular weight is 347 g/mol. The topological polar surface area (TPSA) is 93.0 Å². The summed E-state index contributed by atoms with van der Waals surface area (Å²) in [6, 6.07) is 8.65. The van der Waals surface area contributed by atoms with Crippen molar-refractivity contribution in [1.29, 1.82) is 0 Å². The number of benzene rings is 1. The zero-order valence-electron chi connectivity index (χ0n) is 14.4. The molecule has 2 amide bonds. The molecule has 2 N–H and O–H groups in total. The number of hydrogen-bond donors (Lipinski definition) is 2. The summed E-state index contributed by atoms with van der Waals surface area (Å²) >= 11 is 0. The highest BCUT2D eigenvalue weighted by Crippen LogP contribution is 2.31. The SMILES string of the molecule is COc1cccc(CN(C)CC(=O)NNC(=O)c2ccco2)c1OC. The molecule has 8 heteroatoms. The monoisotopic (exact) mass is 347 g/mol. The number of carbonyl (C=O) groups excluding carboxylic acids is 2. The first-order chi connectivity index (χ1) is 12.0. The van der Waals surface area contributed by atoms with E-state index in [9.17, 15) is 9.59 Å². The van der Waals surface area contributed by atoms with E-state index in [-0.39, 0.29) is 18.2 Å². The van der Waals surface area contributed by atoms with Gasteiger partial charge in [-0.3, -0.25) is 25.3 Å². The number of likely N-dealkylation sites (N-methyl/N-ethyl adjacent to an activating group) is 1. The van der Waals surface area contributed by atoms with E-state index in [2.05, 4.69) is 10.9 Å². The minimum Gasteiger partial charge on any atom is -0.493 e. The van der Waals surface area contributed by atoms with Gasteiger partial charge in [0.1, 0.15) is 0 Å². The molecule has 2 aromatic rings. The maximum absolute atomic E-state index is 11.9. The molecular weight excluding hydrogens is 326 g/mol. The second kappa shape index (κ2) is 8.74. The summed E-state index contributed by atoms with van der Waals surface area (Å²) in [4.78, 5) is 25.4. The van der Waals surface area contributed by atoms with Crippen molar-refractivity contribution in [2.75, 3.05) is 27.8 Å². The molecule has 0 fully saturated rings. The Labute approximate surface area is 145 Å². The molecule has 2 rings (SSSR count). The highest BCUT2D eigenvalue weighted by Gasteiger charge is 2.14. The first kappa shape index (κ1) is 18.3. The molecule has 0 atom stereocenters. The highest BCUT2D eigenvalue weighted by molar-refractivity contribution is 5.93. The van der Waals surface area contributed by atoms with Crippen molar-refractivity contribution in [3.05, 3.63) is 47.9 Å². The quantitative estimate of drug-likeness (QED) is 0.731. The van der Waals surface area contributed by atoms with Crippen LogP contribution in [0.3, 0.4) is 0 Å². The predicted molar refractivity (Wildman–Crippen MR) is 90.2 cm³/mol. The molecule has 134 valence electrons. The Morgan fingerprint density at radius 3 is 2.56 bits per heavy atom. The van der Waals surface area contributed by atoms with Gasteiger partial charge in [-0.25, -0.2) is 0 Å². The Kier molecular flexibility index (Phi) is 6.41. The maximum Gasteiger partial charge on any atom is 0.305 e. The van der Waals surface area contributed by atoms with Gasteiger partial charge in [-0.05, 0) is 25.2 Å². The van der Waals surface area contributed by atoms with Crippen molar-refractivity contribution in [2.45, 2.75) is 6.54 Å². The lowest BCUT2D eigenvalue weighted by molar-refractivity contribution is -0.122. The van der Waals surface area contributed by atoms with Gasteiger partial charge in [0, 0.05) is 12.1 Å². The van der Waals surface area contributed by atoms with E-state index in [1.54, 1.807) is 38.3 Å². The predicted octanol–water partition coefficient (Wildman–Crippen LogP) is 1.19. The van der Waals surface area contributed by atoms with E-state index in [4.69, 9.17) is 13.9 Å². The molecule has 1 aromatic carbocycles. The highest BCUT2D eigenvalue weighted by atomic mass is 16.5. The molecule has 0 bridgehead atoms. The molecule has 0 saturated carbocycles. The first-order valence-electron chi connectivity index (χ1n) is 7.56. The van der Waals surface area contributed by atoms with E-state index in [1.165, 1.54) is 12.3 Å². The molecule has 0 aliphatic heterocycles. The average Bonchev–Trinajstić information content (AvgIpc) is 3.14. The minimum absolute atomic E-state index is 0.0821. The third kappa shape index (κ3) is 4.98. The lowest BCUT2D eigenvalue weighted by Gasteiger charge is -2.19. The second-order valence-corrected chi connectivity index (χ2v) is 5.30. The number of ether oxygens (including phenoxy) is 2. The Morgan fingerprint density at radius 2 is 1.92 bits per heavy atom. The van der Waals surface area contributed by atoms with Gasteiger partial charge in [-0.15, -0.1) is 0 Å². The summed E-state index contributed by atoms with van der Waals surface area (Å²) in [7, 11) is 4.92. The molecule has 0 saturated heterocycles. The summed E-state index contributed by atoms with van der Waals surface area (Å²) in [5.41, 5.74) is 5.52. The van der Waals surface area contributed by atoms with Crippen LogP contribution in [-0.4, -0.2) is 44.5 Å². The van der Waals surface area contributed by atoms with Crippen LogP contribution in [0.2, 0.25) is 0 Å². The summed E-state index contributed by atoms with van der Waals surface area (Å²) < 4.78 is 15.6. The lowest BCUT2D eigenvalue weighted by Crippen LogP contribution is -2.45. The number of furan rings is 1. The Morgan fingerprint density at radius 1 is 1.12 bits per heavy atom. The van der Waals surface area contributed by atoms with Crippen LogP contribution >= 0.6 is 0 Å². The number of amides is 2. The number of nitrogens with one attached hydrogen (secondary N) is 2. The Balaban J connectivity index is 1.86. The fourth-order valence-corrected chi connectivity index (χ4v) is 2.31. The number of rotatable bonds is 7. The molecule has 25 heavy (non-hydrogen) atoms. The van der Waals surface area contributed by atoms with Crippen LogP contribution in [0.5, 0.6) is 11.5 Å². The van der Waals surface area contributed by atoms with E-state index in [1.807, 2.05) is 12.1 Å². The van der Waals surface area contributed by atoms with E-state index in [0.717, 1.165) is 5.56 Å². The molecule has 0 radical (unpaired) electrons. The fraction of sp³-hybridized carbons (Fsp3) is 0.294. The van der Waals surface area contributed by atoms with Crippen LogP contribution in [-0.2, 0) is 11.3 Å². The van der Waals surface area contributed by atoms with Crippen LogP contribution in [0.15, 0.2) is 41.0 Å². The molecule has 0 aliphatic carbocycles. The largest absolute Gasteiger partial charge is 0.493 e. The summed E-state index contributed by atoms with van der Waals surface area (Å²) in [5, 5.41) is 0.